The van der Waals surface area contributed by atoms with Gasteiger partial charge in [0.25, 0.3) is 0 Å². The van der Waals surface area contributed by atoms with Crippen LogP contribution in [0.5, 0.6) is 0 Å². The monoisotopic (exact) mass is 267 g/mol. The van der Waals surface area contributed by atoms with E-state index in [1.807, 2.05) is 0 Å². The summed E-state index contributed by atoms with van der Waals surface area (Å²) in [6, 6.07) is 1.59. The second-order valence-corrected chi connectivity index (χ2v) is 4.49. The van der Waals surface area contributed by atoms with E-state index in [0.717, 1.165) is 13.0 Å². The summed E-state index contributed by atoms with van der Waals surface area (Å²) in [6.45, 7) is 1.89. The lowest BCUT2D eigenvalue weighted by Crippen LogP contribution is -2.24. The van der Waals surface area contributed by atoms with E-state index < -0.39 is 5.97 Å². The molecule has 1 atom stereocenters. The van der Waals surface area contributed by atoms with E-state index in [9.17, 15) is 9.59 Å². The number of esters is 2. The number of furan rings is 1. The Balaban J connectivity index is 1.98. The van der Waals surface area contributed by atoms with Gasteiger partial charge in [-0.2, -0.15) is 0 Å². The highest BCUT2D eigenvalue weighted by atomic mass is 16.5. The Bertz CT molecular complexity index is 467. The largest absolute Gasteiger partial charge is 0.469 e. The maximum Gasteiger partial charge on any atom is 0.341 e. The van der Waals surface area contributed by atoms with Crippen LogP contribution in [-0.2, 0) is 20.8 Å². The van der Waals surface area contributed by atoms with Crippen molar-refractivity contribution in [1.29, 1.82) is 0 Å². The molecule has 0 aliphatic carbocycles. The van der Waals surface area contributed by atoms with E-state index in [-0.39, 0.29) is 11.9 Å². The molecule has 1 fully saturated rings. The number of likely N-dealkylation sites (tertiary alicyclic amines) is 1. The highest BCUT2D eigenvalue weighted by molar-refractivity contribution is 5.90. The van der Waals surface area contributed by atoms with Gasteiger partial charge in [0.15, 0.2) is 0 Å². The molecular weight excluding hydrogens is 250 g/mol. The number of carbonyl (C=O) groups excluding carboxylic acids is 2. The van der Waals surface area contributed by atoms with Crippen molar-refractivity contribution in [2.45, 2.75) is 13.0 Å². The second-order valence-electron chi connectivity index (χ2n) is 4.49. The Kier molecular flexibility index (Phi) is 4.21. The van der Waals surface area contributed by atoms with Crippen LogP contribution in [0.25, 0.3) is 0 Å². The van der Waals surface area contributed by atoms with Crippen molar-refractivity contribution in [3.63, 3.8) is 0 Å². The molecule has 104 valence electrons. The molecule has 19 heavy (non-hydrogen) atoms. The molecular formula is C13H17NO5. The SMILES string of the molecule is COC(=O)c1ccoc1CN1CCC(C(=O)OC)C1. The third-order valence-corrected chi connectivity index (χ3v) is 3.32. The topological polar surface area (TPSA) is 69.0 Å². The van der Waals surface area contributed by atoms with Crippen LogP contribution >= 0.6 is 0 Å². The van der Waals surface area contributed by atoms with Gasteiger partial charge in [0.1, 0.15) is 11.3 Å². The van der Waals surface area contributed by atoms with E-state index in [2.05, 4.69) is 9.64 Å². The predicted molar refractivity (Wildman–Crippen MR) is 65.4 cm³/mol. The molecule has 1 aliphatic heterocycles. The standard InChI is InChI=1S/C13H17NO5/c1-17-12(15)9-3-5-14(7-9)8-11-10(4-6-19-11)13(16)18-2/h4,6,9H,3,5,7-8H2,1-2H3. The molecule has 0 amide bonds. The van der Waals surface area contributed by atoms with Crippen molar-refractivity contribution in [2.75, 3.05) is 27.3 Å². The van der Waals surface area contributed by atoms with E-state index in [1.54, 1.807) is 6.07 Å². The molecule has 1 aliphatic rings. The minimum absolute atomic E-state index is 0.0958. The van der Waals surface area contributed by atoms with Crippen LogP contribution < -0.4 is 0 Å². The normalized spacial score (nSPS) is 19.4. The van der Waals surface area contributed by atoms with E-state index in [1.165, 1.54) is 20.5 Å². The maximum atomic E-state index is 11.5. The number of hydrogen-bond donors (Lipinski definition) is 0. The Morgan fingerprint density at radius 3 is 2.89 bits per heavy atom. The van der Waals surface area contributed by atoms with Crippen LogP contribution in [0.1, 0.15) is 22.5 Å². The molecule has 1 aromatic rings. The van der Waals surface area contributed by atoms with Gasteiger partial charge < -0.3 is 13.9 Å². The molecule has 0 N–H and O–H groups in total. The minimum atomic E-state index is -0.410. The van der Waals surface area contributed by atoms with Crippen molar-refractivity contribution >= 4 is 11.9 Å². The summed E-state index contributed by atoms with van der Waals surface area (Å²) < 4.78 is 14.7. The third kappa shape index (κ3) is 2.96. The van der Waals surface area contributed by atoms with Gasteiger partial charge in [-0.3, -0.25) is 9.69 Å². The lowest BCUT2D eigenvalue weighted by Gasteiger charge is -2.14. The van der Waals surface area contributed by atoms with Crippen molar-refractivity contribution in [3.05, 3.63) is 23.7 Å². The number of hydrogen-bond acceptors (Lipinski definition) is 6. The van der Waals surface area contributed by atoms with Crippen LogP contribution in [0.15, 0.2) is 16.7 Å². The molecule has 2 heterocycles. The first kappa shape index (κ1) is 13.6. The van der Waals surface area contributed by atoms with Crippen molar-refractivity contribution in [3.8, 4) is 0 Å². The number of rotatable bonds is 4. The van der Waals surface area contributed by atoms with Gasteiger partial charge >= 0.3 is 11.9 Å². The summed E-state index contributed by atoms with van der Waals surface area (Å²) in [7, 11) is 2.73. The summed E-state index contributed by atoms with van der Waals surface area (Å²) >= 11 is 0. The molecule has 1 aromatic heterocycles. The summed E-state index contributed by atoms with van der Waals surface area (Å²) in [4.78, 5) is 25.0. The fourth-order valence-corrected chi connectivity index (χ4v) is 2.29. The molecule has 0 saturated carbocycles. The highest BCUT2D eigenvalue weighted by Gasteiger charge is 2.30. The Morgan fingerprint density at radius 2 is 2.21 bits per heavy atom. The minimum Gasteiger partial charge on any atom is -0.469 e. The highest BCUT2D eigenvalue weighted by Crippen LogP contribution is 2.22. The average Bonchev–Trinajstić information content (AvgIpc) is 3.06. The summed E-state index contributed by atoms with van der Waals surface area (Å²) in [5.41, 5.74) is 0.434. The van der Waals surface area contributed by atoms with Crippen molar-refractivity contribution in [2.24, 2.45) is 5.92 Å². The van der Waals surface area contributed by atoms with E-state index in [4.69, 9.17) is 9.15 Å². The molecule has 6 nitrogen and oxygen atoms in total. The smallest absolute Gasteiger partial charge is 0.341 e. The predicted octanol–water partition coefficient (Wildman–Crippen LogP) is 1.06. The van der Waals surface area contributed by atoms with Gasteiger partial charge in [-0.1, -0.05) is 0 Å². The fraction of sp³-hybridized carbons (Fsp3) is 0.538. The zero-order chi connectivity index (χ0) is 13.8. The van der Waals surface area contributed by atoms with Gasteiger partial charge in [0.2, 0.25) is 0 Å². The summed E-state index contributed by atoms with van der Waals surface area (Å²) in [6.07, 6.45) is 2.23. The Hall–Kier alpha value is -1.82. The van der Waals surface area contributed by atoms with Gasteiger partial charge in [-0.05, 0) is 19.0 Å². The fourth-order valence-electron chi connectivity index (χ4n) is 2.29. The van der Waals surface area contributed by atoms with E-state index >= 15 is 0 Å². The van der Waals surface area contributed by atoms with Gasteiger partial charge in [-0.25, -0.2) is 4.79 Å². The molecule has 6 heteroatoms. The van der Waals surface area contributed by atoms with Crippen molar-refractivity contribution in [1.82, 2.24) is 4.90 Å². The van der Waals surface area contributed by atoms with Gasteiger partial charge in [-0.15, -0.1) is 0 Å². The van der Waals surface area contributed by atoms with Crippen LogP contribution in [0, 0.1) is 5.92 Å². The van der Waals surface area contributed by atoms with Crippen LogP contribution in [0.2, 0.25) is 0 Å². The molecule has 1 unspecified atom stereocenters. The van der Waals surface area contributed by atoms with Crippen LogP contribution in [0.3, 0.4) is 0 Å². The first-order chi connectivity index (χ1) is 9.15. The molecule has 2 rings (SSSR count). The third-order valence-electron chi connectivity index (χ3n) is 3.32. The molecule has 0 aromatic carbocycles. The molecule has 0 bridgehead atoms. The van der Waals surface area contributed by atoms with Crippen LogP contribution in [0.4, 0.5) is 0 Å². The van der Waals surface area contributed by atoms with E-state index in [0.29, 0.717) is 24.4 Å². The summed E-state index contributed by atoms with van der Waals surface area (Å²) in [5.74, 6) is -0.124. The first-order valence-electron chi connectivity index (χ1n) is 6.10. The molecule has 0 radical (unpaired) electrons. The average molecular weight is 267 g/mol. The first-order valence-corrected chi connectivity index (χ1v) is 6.10. The Labute approximate surface area is 111 Å². The molecule has 0 spiro atoms. The van der Waals surface area contributed by atoms with Crippen LogP contribution in [-0.4, -0.2) is 44.1 Å². The lowest BCUT2D eigenvalue weighted by atomic mass is 10.1. The zero-order valence-corrected chi connectivity index (χ0v) is 11.0. The maximum absolute atomic E-state index is 11.5. The number of carbonyl (C=O) groups is 2. The second kappa shape index (κ2) is 5.88. The number of methoxy groups -OCH3 is 2. The number of nitrogens with zero attached hydrogens (tertiary/aromatic N) is 1. The molecule has 1 saturated heterocycles. The van der Waals surface area contributed by atoms with Crippen molar-refractivity contribution < 1.29 is 23.5 Å². The summed E-state index contributed by atoms with van der Waals surface area (Å²) in [5, 5.41) is 0. The lowest BCUT2D eigenvalue weighted by molar-refractivity contribution is -0.144. The van der Waals surface area contributed by atoms with Gasteiger partial charge in [0.05, 0.1) is 32.9 Å². The van der Waals surface area contributed by atoms with Gasteiger partial charge in [0, 0.05) is 6.54 Å². The zero-order valence-electron chi connectivity index (χ0n) is 11.0. The number of ether oxygens (including phenoxy) is 2. The quantitative estimate of drug-likeness (QED) is 0.760. The Morgan fingerprint density at radius 1 is 1.42 bits per heavy atom.